The van der Waals surface area contributed by atoms with E-state index < -0.39 is 5.97 Å². The molecule has 0 atom stereocenters. The van der Waals surface area contributed by atoms with Gasteiger partial charge in [-0.3, -0.25) is 4.98 Å². The van der Waals surface area contributed by atoms with Gasteiger partial charge in [-0.25, -0.2) is 9.59 Å². The monoisotopic (exact) mass is 421 g/mol. The molecule has 0 aliphatic heterocycles. The molecule has 0 aliphatic rings. The molecule has 7 nitrogen and oxygen atoms in total. The number of rotatable bonds is 2. The maximum Gasteiger partial charge on any atom is 0.337 e. The molecule has 0 spiro atoms. The molecule has 2 aromatic carbocycles. The maximum atomic E-state index is 11.3. The lowest BCUT2D eigenvalue weighted by Crippen LogP contribution is -2.25. The Morgan fingerprint density at radius 1 is 0.935 bits per heavy atom. The van der Waals surface area contributed by atoms with Crippen molar-refractivity contribution in [3.8, 4) is 0 Å². The third-order valence-electron chi connectivity index (χ3n) is 4.21. The van der Waals surface area contributed by atoms with E-state index >= 15 is 0 Å². The Morgan fingerprint density at radius 3 is 2.16 bits per heavy atom. The van der Waals surface area contributed by atoms with Crippen LogP contribution in [0.4, 0.5) is 0 Å². The van der Waals surface area contributed by atoms with Crippen LogP contribution in [0.3, 0.4) is 0 Å². The lowest BCUT2D eigenvalue weighted by molar-refractivity contribution is -0.577. The van der Waals surface area contributed by atoms with Crippen LogP contribution in [0, 0.1) is 5.21 Å². The van der Waals surface area contributed by atoms with Gasteiger partial charge >= 0.3 is 11.9 Å². The quantitative estimate of drug-likeness (QED) is 0.272. The number of methoxy groups -OCH3 is 2. The maximum absolute atomic E-state index is 11.3. The number of nitrogens with zero attached hydrogens (tertiary/aromatic N) is 2. The second kappa shape index (κ2) is 11.3. The van der Waals surface area contributed by atoms with E-state index in [-0.39, 0.29) is 5.97 Å². The number of fused-ring (bicyclic) bond motifs is 2. The van der Waals surface area contributed by atoms with Gasteiger partial charge in [-0.2, -0.15) is 4.73 Å². The SMILES string of the molecule is COC(=O)c1ccc2c(ccc[n+]2[O-])c1.COC(=O)c1ccc2ncccc2c1.[2H]CC. The van der Waals surface area contributed by atoms with Gasteiger partial charge in [-0.15, -0.1) is 0 Å². The van der Waals surface area contributed by atoms with E-state index in [0.29, 0.717) is 23.5 Å². The lowest BCUT2D eigenvalue weighted by Gasteiger charge is -2.02. The zero-order valence-corrected chi connectivity index (χ0v) is 17.6. The number of hydrogen-bond acceptors (Lipinski definition) is 6. The minimum Gasteiger partial charge on any atom is -0.618 e. The van der Waals surface area contributed by atoms with Crippen molar-refractivity contribution in [2.75, 3.05) is 14.2 Å². The van der Waals surface area contributed by atoms with Gasteiger partial charge in [-0.05, 0) is 42.5 Å². The predicted octanol–water partition coefficient (Wildman–Crippen LogP) is 4.31. The molecule has 0 radical (unpaired) electrons. The average molecular weight is 421 g/mol. The minimum atomic E-state index is -0.404. The fourth-order valence-corrected chi connectivity index (χ4v) is 2.76. The van der Waals surface area contributed by atoms with Gasteiger partial charge < -0.3 is 14.7 Å². The van der Waals surface area contributed by atoms with Crippen LogP contribution in [0.5, 0.6) is 0 Å². The topological polar surface area (TPSA) is 92.4 Å². The van der Waals surface area contributed by atoms with Gasteiger partial charge in [0.25, 0.3) is 0 Å². The number of carbonyl (C=O) groups is 2. The average Bonchev–Trinajstić information content (AvgIpc) is 2.83. The van der Waals surface area contributed by atoms with Crippen LogP contribution in [-0.2, 0) is 9.47 Å². The Bertz CT molecular complexity index is 1210. The first-order chi connectivity index (χ1) is 15.4. The molecule has 2 aromatic heterocycles. The van der Waals surface area contributed by atoms with Crippen LogP contribution >= 0.6 is 0 Å². The summed E-state index contributed by atoms with van der Waals surface area (Å²) in [7, 11) is 2.70. The molecule has 2 heterocycles. The van der Waals surface area contributed by atoms with E-state index in [1.807, 2.05) is 18.2 Å². The summed E-state index contributed by atoms with van der Waals surface area (Å²) in [6.45, 7) is 2.29. The number of hydrogen-bond donors (Lipinski definition) is 0. The van der Waals surface area contributed by atoms with E-state index in [1.54, 1.807) is 55.6 Å². The number of aromatic nitrogens is 2. The predicted molar refractivity (Wildman–Crippen MR) is 119 cm³/mol. The van der Waals surface area contributed by atoms with Gasteiger partial charge in [0.15, 0.2) is 6.20 Å². The third kappa shape index (κ3) is 5.76. The summed E-state index contributed by atoms with van der Waals surface area (Å²) >= 11 is 0. The molecular formula is C24H24N2O5. The summed E-state index contributed by atoms with van der Waals surface area (Å²) in [4.78, 5) is 26.6. The molecular weight excluding hydrogens is 396 g/mol. The molecule has 4 aromatic rings. The number of pyridine rings is 2. The van der Waals surface area contributed by atoms with Crippen LogP contribution in [0.15, 0.2) is 73.1 Å². The Kier molecular flexibility index (Phi) is 7.88. The van der Waals surface area contributed by atoms with Gasteiger partial charge in [-0.1, -0.05) is 19.9 Å². The number of ether oxygens (including phenoxy) is 2. The smallest absolute Gasteiger partial charge is 0.337 e. The van der Waals surface area contributed by atoms with Gasteiger partial charge in [0.1, 0.15) is 0 Å². The largest absolute Gasteiger partial charge is 0.618 e. The fourth-order valence-electron chi connectivity index (χ4n) is 2.76. The van der Waals surface area contributed by atoms with E-state index in [9.17, 15) is 14.8 Å². The standard InChI is InChI=1S/C11H9NO3.C11H9NO2.C2H6/c1-15-11(13)9-4-5-10-8(7-9)3-2-6-12(10)14;1-14-11(13)9-4-5-10-8(7-9)3-2-6-12-10;1-2/h2-7H,1H3;2-7H,1H3;1-2H3/i;;1D. The first-order valence-electron chi connectivity index (χ1n) is 10.1. The Hall–Kier alpha value is -4.00. The number of benzene rings is 2. The fraction of sp³-hybridized carbons (Fsp3) is 0.167. The minimum absolute atomic E-state index is 0.323. The molecule has 0 bridgehead atoms. The van der Waals surface area contributed by atoms with E-state index in [2.05, 4.69) is 14.5 Å². The summed E-state index contributed by atoms with van der Waals surface area (Å²) in [5.74, 6) is -0.728. The van der Waals surface area contributed by atoms with Crippen molar-refractivity contribution in [2.24, 2.45) is 0 Å². The second-order valence-corrected chi connectivity index (χ2v) is 6.00. The summed E-state index contributed by atoms with van der Waals surface area (Å²) < 4.78 is 16.2. The molecule has 7 heteroatoms. The normalized spacial score (nSPS) is 10.1. The highest BCUT2D eigenvalue weighted by Crippen LogP contribution is 2.14. The summed E-state index contributed by atoms with van der Waals surface area (Å²) in [5.41, 5.74) is 2.40. The van der Waals surface area contributed by atoms with Gasteiger partial charge in [0, 0.05) is 30.5 Å². The zero-order valence-electron chi connectivity index (χ0n) is 18.6. The van der Waals surface area contributed by atoms with Crippen LogP contribution in [0.25, 0.3) is 21.8 Å². The summed E-state index contributed by atoms with van der Waals surface area (Å²) in [6.07, 6.45) is 3.14. The van der Waals surface area contributed by atoms with Crippen LogP contribution in [-0.4, -0.2) is 31.1 Å². The number of carbonyl (C=O) groups excluding carboxylic acids is 2. The van der Waals surface area contributed by atoms with Crippen molar-refractivity contribution in [3.05, 3.63) is 89.4 Å². The van der Waals surface area contributed by atoms with Crippen LogP contribution in [0.2, 0.25) is 0 Å². The van der Waals surface area contributed by atoms with Crippen molar-refractivity contribution in [3.63, 3.8) is 0 Å². The van der Waals surface area contributed by atoms with Crippen molar-refractivity contribution < 1.29 is 25.2 Å². The molecule has 160 valence electrons. The highest BCUT2D eigenvalue weighted by molar-refractivity contribution is 5.94. The molecule has 0 amide bonds. The van der Waals surface area contributed by atoms with Crippen molar-refractivity contribution in [2.45, 2.75) is 13.8 Å². The van der Waals surface area contributed by atoms with Gasteiger partial charge in [0.05, 0.1) is 30.9 Å². The van der Waals surface area contributed by atoms with E-state index in [1.165, 1.54) is 20.4 Å². The lowest BCUT2D eigenvalue weighted by atomic mass is 10.1. The first-order valence-corrected chi connectivity index (χ1v) is 9.37. The molecule has 0 N–H and O–H groups in total. The van der Waals surface area contributed by atoms with E-state index in [4.69, 9.17) is 1.37 Å². The highest BCUT2D eigenvalue weighted by atomic mass is 16.5. The summed E-state index contributed by atoms with van der Waals surface area (Å²) in [6, 6.07) is 17.3. The second-order valence-electron chi connectivity index (χ2n) is 6.00. The van der Waals surface area contributed by atoms with Crippen LogP contribution in [0.1, 0.15) is 35.9 Å². The molecule has 0 saturated carbocycles. The van der Waals surface area contributed by atoms with Crippen molar-refractivity contribution in [1.29, 1.82) is 0 Å². The highest BCUT2D eigenvalue weighted by Gasteiger charge is 2.09. The molecule has 0 aliphatic carbocycles. The number of esters is 2. The Balaban J connectivity index is 0.000000203. The van der Waals surface area contributed by atoms with Crippen molar-refractivity contribution in [1.82, 2.24) is 4.98 Å². The molecule has 0 saturated heterocycles. The van der Waals surface area contributed by atoms with Crippen molar-refractivity contribution >= 4 is 33.7 Å². The van der Waals surface area contributed by atoms with Crippen LogP contribution < -0.4 is 4.73 Å². The first kappa shape index (κ1) is 21.7. The zero-order chi connectivity index (χ0) is 23.5. The molecule has 31 heavy (non-hydrogen) atoms. The Morgan fingerprint density at radius 2 is 1.52 bits per heavy atom. The van der Waals surface area contributed by atoms with Gasteiger partial charge in [0.2, 0.25) is 5.52 Å². The third-order valence-corrected chi connectivity index (χ3v) is 4.21. The molecule has 0 fully saturated rings. The molecule has 0 unspecified atom stereocenters. The van der Waals surface area contributed by atoms with E-state index in [0.717, 1.165) is 21.0 Å². The summed E-state index contributed by atoms with van der Waals surface area (Å²) in [5, 5.41) is 13.0. The molecule has 4 rings (SSSR count). The Labute approximate surface area is 181 Å².